The lowest BCUT2D eigenvalue weighted by atomic mass is 9.69. The fraction of sp³-hybridized carbons (Fsp3) is 0.0833. The first-order valence-corrected chi connectivity index (χ1v) is 11.6. The van der Waals surface area contributed by atoms with Crippen molar-refractivity contribution in [1.29, 1.82) is 0 Å². The van der Waals surface area contributed by atoms with E-state index in [1.165, 1.54) is 6.07 Å². The second-order valence-corrected chi connectivity index (χ2v) is 10.1. The molecular weight excluding hydrogens is 554 g/mol. The van der Waals surface area contributed by atoms with Gasteiger partial charge in [0, 0.05) is 47.4 Å². The number of carboxylic acids is 2. The fourth-order valence-corrected chi connectivity index (χ4v) is 6.47. The molecule has 2 amide bonds. The third-order valence-electron chi connectivity index (χ3n) is 6.54. The van der Waals surface area contributed by atoms with Gasteiger partial charge in [-0.25, -0.2) is 9.59 Å². The zero-order valence-corrected chi connectivity index (χ0v) is 20.7. The van der Waals surface area contributed by atoms with Gasteiger partial charge in [0.2, 0.25) is 11.8 Å². The van der Waals surface area contributed by atoms with Gasteiger partial charge in [0.25, 0.3) is 0 Å². The Morgan fingerprint density at radius 3 is 1.83 bits per heavy atom. The quantitative estimate of drug-likeness (QED) is 0.167. The predicted molar refractivity (Wildman–Crippen MR) is 137 cm³/mol. The number of carboxylic acid groups (broad SMARTS) is 2. The van der Waals surface area contributed by atoms with Crippen LogP contribution in [0.3, 0.4) is 0 Å². The number of rotatable bonds is 4. The van der Waals surface area contributed by atoms with E-state index in [0.29, 0.717) is 16.2 Å². The number of hydrogen-bond acceptors (Lipinski definition) is 4. The minimum Gasteiger partial charge on any atom is -0.478 e. The monoisotopic (exact) mass is 564 g/mol. The molecule has 0 aliphatic heterocycles. The van der Waals surface area contributed by atoms with Crippen molar-refractivity contribution in [1.82, 2.24) is 0 Å². The highest BCUT2D eigenvalue weighted by atomic mass is 35.5. The zero-order chi connectivity index (χ0) is 26.4. The molecule has 0 fully saturated rings. The Kier molecular flexibility index (Phi) is 5.32. The molecule has 4 aromatic carbocycles. The van der Waals surface area contributed by atoms with E-state index in [0.717, 1.165) is 6.07 Å². The van der Waals surface area contributed by atoms with Crippen molar-refractivity contribution in [2.24, 2.45) is 17.4 Å². The van der Waals surface area contributed by atoms with E-state index >= 15 is 0 Å². The number of carbonyl (C=O) groups excluding carboxylic acids is 2. The number of halogens is 4. The third kappa shape index (κ3) is 2.90. The van der Waals surface area contributed by atoms with Gasteiger partial charge in [0.1, 0.15) is 5.92 Å². The summed E-state index contributed by atoms with van der Waals surface area (Å²) >= 11 is 26.7. The van der Waals surface area contributed by atoms with Gasteiger partial charge in [-0.3, -0.25) is 9.59 Å². The summed E-state index contributed by atoms with van der Waals surface area (Å²) in [6.45, 7) is 0. The Morgan fingerprint density at radius 2 is 1.33 bits per heavy atom. The molecule has 2 unspecified atom stereocenters. The van der Waals surface area contributed by atoms with E-state index in [4.69, 9.17) is 57.9 Å². The molecule has 8 nitrogen and oxygen atoms in total. The molecule has 4 aromatic rings. The van der Waals surface area contributed by atoms with E-state index in [2.05, 4.69) is 0 Å². The van der Waals surface area contributed by atoms with Crippen LogP contribution in [0.1, 0.15) is 15.9 Å². The fourth-order valence-electron chi connectivity index (χ4n) is 5.26. The van der Waals surface area contributed by atoms with Crippen LogP contribution in [0.15, 0.2) is 30.3 Å². The minimum absolute atomic E-state index is 0.0581. The van der Waals surface area contributed by atoms with Crippen LogP contribution in [0.25, 0.3) is 37.9 Å². The molecule has 2 atom stereocenters. The number of alkyl halides is 1. The SMILES string of the molecule is NC(=O)C1C(C(=O)O)=c2c(C(=O)O)cc(Cl)c3c2c(c2c(Cl)ccc4ccc(Cl)c3c42)C1(Cl)C(N)=O. The second kappa shape index (κ2) is 7.85. The summed E-state index contributed by atoms with van der Waals surface area (Å²) in [6, 6.07) is 7.49. The van der Waals surface area contributed by atoms with Crippen LogP contribution in [0.5, 0.6) is 0 Å². The molecule has 0 saturated heterocycles. The van der Waals surface area contributed by atoms with E-state index in [1.54, 1.807) is 18.2 Å². The smallest absolute Gasteiger partial charge is 0.336 e. The average molecular weight is 566 g/mol. The summed E-state index contributed by atoms with van der Waals surface area (Å²) in [4.78, 5) is 48.0. The number of aromatic carboxylic acids is 1. The van der Waals surface area contributed by atoms with Crippen molar-refractivity contribution in [2.75, 3.05) is 0 Å². The van der Waals surface area contributed by atoms with Gasteiger partial charge in [-0.05, 0) is 29.0 Å². The molecule has 0 saturated carbocycles. The highest BCUT2D eigenvalue weighted by Crippen LogP contribution is 2.54. The Bertz CT molecular complexity index is 1810. The Hall–Kier alpha value is -3.30. The summed E-state index contributed by atoms with van der Waals surface area (Å²) in [7, 11) is 0. The van der Waals surface area contributed by atoms with Gasteiger partial charge in [0.05, 0.1) is 11.1 Å². The van der Waals surface area contributed by atoms with Crippen molar-refractivity contribution >= 4 is 108 Å². The molecule has 1 aliphatic carbocycles. The number of aliphatic carboxylic acids is 1. The van der Waals surface area contributed by atoms with Crippen LogP contribution in [-0.4, -0.2) is 34.0 Å². The molecule has 0 heterocycles. The number of hydrogen-bond donors (Lipinski definition) is 4. The number of fused-ring (bicyclic) bond motifs is 2. The molecule has 0 spiro atoms. The molecular formula is C24H12Cl4N2O6. The number of carbonyl (C=O) groups is 4. The normalized spacial score (nSPS) is 19.2. The van der Waals surface area contributed by atoms with E-state index in [-0.39, 0.29) is 36.8 Å². The van der Waals surface area contributed by atoms with Crippen molar-refractivity contribution in [2.45, 2.75) is 4.87 Å². The topological polar surface area (TPSA) is 161 Å². The van der Waals surface area contributed by atoms with Crippen LogP contribution >= 0.6 is 46.4 Å². The molecule has 0 radical (unpaired) electrons. The molecule has 0 aromatic heterocycles. The largest absolute Gasteiger partial charge is 0.478 e. The predicted octanol–water partition coefficient (Wildman–Crippen LogP) is 3.79. The van der Waals surface area contributed by atoms with Gasteiger partial charge in [-0.2, -0.15) is 0 Å². The first-order valence-electron chi connectivity index (χ1n) is 10.1. The van der Waals surface area contributed by atoms with E-state index < -0.39 is 50.9 Å². The van der Waals surface area contributed by atoms with Crippen LogP contribution in [0.2, 0.25) is 15.1 Å². The standard InChI is InChI=1S/C24H12Cl4N2O6/c25-8-3-1-6-2-4-9(26)15-11(6)13(8)14-10(27)5-7(21(32)33)12-16(14)18(15)24(28,23(30)36)19(20(29)31)17(12)22(34)35/h1-5,19H,(H2,29,31)(H2,30,36)(H,32,33)(H,34,35). The highest BCUT2D eigenvalue weighted by molar-refractivity contribution is 6.50. The van der Waals surface area contributed by atoms with E-state index in [9.17, 15) is 29.4 Å². The number of benzene rings is 4. The summed E-state index contributed by atoms with van der Waals surface area (Å²) in [5, 5.41) is 21.3. The maximum atomic E-state index is 13.0. The molecule has 36 heavy (non-hydrogen) atoms. The number of primary amides is 2. The molecule has 12 heteroatoms. The maximum Gasteiger partial charge on any atom is 0.336 e. The van der Waals surface area contributed by atoms with Gasteiger partial charge < -0.3 is 21.7 Å². The summed E-state index contributed by atoms with van der Waals surface area (Å²) in [5.74, 6) is -7.95. The third-order valence-corrected chi connectivity index (χ3v) is 8.06. The van der Waals surface area contributed by atoms with Crippen LogP contribution < -0.4 is 16.7 Å². The minimum atomic E-state index is -2.57. The lowest BCUT2D eigenvalue weighted by Crippen LogP contribution is -2.53. The summed E-state index contributed by atoms with van der Waals surface area (Å²) in [5.41, 5.74) is 9.78. The first-order chi connectivity index (χ1) is 16.8. The van der Waals surface area contributed by atoms with Crippen molar-refractivity contribution in [3.05, 3.63) is 61.7 Å². The maximum absolute atomic E-state index is 13.0. The van der Waals surface area contributed by atoms with Gasteiger partial charge in [-0.15, -0.1) is 11.6 Å². The molecule has 5 rings (SSSR count). The molecule has 1 aliphatic rings. The number of nitrogens with two attached hydrogens (primary N) is 2. The molecule has 182 valence electrons. The van der Waals surface area contributed by atoms with Crippen LogP contribution in [-0.2, 0) is 19.3 Å². The van der Waals surface area contributed by atoms with E-state index in [1.807, 2.05) is 0 Å². The number of amides is 2. The lowest BCUT2D eigenvalue weighted by Gasteiger charge is -2.37. The van der Waals surface area contributed by atoms with Crippen LogP contribution in [0, 0.1) is 5.92 Å². The zero-order valence-electron chi connectivity index (χ0n) is 17.7. The van der Waals surface area contributed by atoms with Crippen molar-refractivity contribution in [3.63, 3.8) is 0 Å². The highest BCUT2D eigenvalue weighted by Gasteiger charge is 2.56. The second-order valence-electron chi connectivity index (χ2n) is 8.28. The first kappa shape index (κ1) is 24.4. The Balaban J connectivity index is 2.38. The lowest BCUT2D eigenvalue weighted by molar-refractivity contribution is -0.134. The van der Waals surface area contributed by atoms with Gasteiger partial charge in [-0.1, -0.05) is 46.9 Å². The van der Waals surface area contributed by atoms with Gasteiger partial charge >= 0.3 is 11.9 Å². The van der Waals surface area contributed by atoms with Crippen molar-refractivity contribution < 1.29 is 29.4 Å². The molecule has 0 bridgehead atoms. The Labute approximate surface area is 220 Å². The van der Waals surface area contributed by atoms with Gasteiger partial charge in [0.15, 0.2) is 4.87 Å². The summed E-state index contributed by atoms with van der Waals surface area (Å²) in [6.07, 6.45) is 0. The summed E-state index contributed by atoms with van der Waals surface area (Å²) < 4.78 is 0. The van der Waals surface area contributed by atoms with Crippen LogP contribution in [0.4, 0.5) is 0 Å². The van der Waals surface area contributed by atoms with Crippen molar-refractivity contribution in [3.8, 4) is 0 Å². The average Bonchev–Trinajstić information content (AvgIpc) is 2.79. The molecule has 6 N–H and O–H groups in total. The Morgan fingerprint density at radius 1 is 0.778 bits per heavy atom.